The monoisotopic (exact) mass is 520 g/mol. The van der Waals surface area contributed by atoms with Gasteiger partial charge in [0.25, 0.3) is 0 Å². The Kier molecular flexibility index (Phi) is 6.74. The number of anilines is 4. The number of hydrogen-bond acceptors (Lipinski definition) is 8. The summed E-state index contributed by atoms with van der Waals surface area (Å²) >= 11 is 0. The van der Waals surface area contributed by atoms with Crippen molar-refractivity contribution < 1.29 is 8.42 Å². The van der Waals surface area contributed by atoms with E-state index in [-0.39, 0.29) is 0 Å². The first kappa shape index (κ1) is 25.0. The molecule has 1 aliphatic heterocycles. The van der Waals surface area contributed by atoms with E-state index in [2.05, 4.69) is 51.5 Å². The highest BCUT2D eigenvalue weighted by Crippen LogP contribution is 2.25. The van der Waals surface area contributed by atoms with Gasteiger partial charge >= 0.3 is 0 Å². The Hall–Kier alpha value is -3.70. The van der Waals surface area contributed by atoms with E-state index in [9.17, 15) is 8.42 Å². The summed E-state index contributed by atoms with van der Waals surface area (Å²) in [4.78, 5) is 16.0. The molecule has 0 radical (unpaired) electrons. The highest BCUT2D eigenvalue weighted by atomic mass is 32.2. The minimum absolute atomic E-state index is 0.396. The largest absolute Gasteiger partial charge is 0.366 e. The molecule has 1 aromatic carbocycles. The lowest BCUT2D eigenvalue weighted by molar-refractivity contribution is 0.425. The molecule has 0 bridgehead atoms. The van der Waals surface area contributed by atoms with Crippen LogP contribution in [-0.2, 0) is 16.6 Å². The highest BCUT2D eigenvalue weighted by Gasteiger charge is 2.22. The number of pyridine rings is 1. The second kappa shape index (κ2) is 9.98. The number of hydrogen-bond donors (Lipinski definition) is 2. The number of nitrogens with zero attached hydrogens (tertiary/aromatic N) is 6. The van der Waals surface area contributed by atoms with Gasteiger partial charge in [-0.3, -0.25) is 4.31 Å². The second-order valence-electron chi connectivity index (χ2n) is 9.62. The number of rotatable bonds is 7. The van der Waals surface area contributed by atoms with Crippen molar-refractivity contribution in [2.75, 3.05) is 40.9 Å². The molecule has 2 N–H and O–H groups in total. The molecule has 10 nitrogen and oxygen atoms in total. The summed E-state index contributed by atoms with van der Waals surface area (Å²) in [5.74, 6) is 0.886. The topological polar surface area (TPSA) is 108 Å². The summed E-state index contributed by atoms with van der Waals surface area (Å²) < 4.78 is 27.4. The number of piperazine rings is 1. The molecule has 11 heteroatoms. The first-order chi connectivity index (χ1) is 17.7. The summed E-state index contributed by atoms with van der Waals surface area (Å²) in [6.07, 6.45) is 6.46. The van der Waals surface area contributed by atoms with Crippen LogP contribution in [0.3, 0.4) is 0 Å². The number of nitrogens with one attached hydrogen (secondary N) is 2. The second-order valence-corrected chi connectivity index (χ2v) is 11.6. The van der Waals surface area contributed by atoms with Gasteiger partial charge in [-0.15, -0.1) is 0 Å². The van der Waals surface area contributed by atoms with Gasteiger partial charge in [0, 0.05) is 73.1 Å². The molecule has 3 aromatic heterocycles. The van der Waals surface area contributed by atoms with Crippen molar-refractivity contribution in [3.8, 4) is 0 Å². The molecular weight excluding hydrogens is 488 g/mol. The van der Waals surface area contributed by atoms with Gasteiger partial charge in [-0.05, 0) is 50.2 Å². The van der Waals surface area contributed by atoms with Crippen LogP contribution >= 0.6 is 0 Å². The Labute approximate surface area is 217 Å². The van der Waals surface area contributed by atoms with Crippen LogP contribution in [0.25, 0.3) is 11.0 Å². The van der Waals surface area contributed by atoms with E-state index >= 15 is 0 Å². The molecular formula is C26H32N8O2S. The van der Waals surface area contributed by atoms with E-state index in [1.165, 1.54) is 23.3 Å². The smallest absolute Gasteiger partial charge is 0.233 e. The zero-order chi connectivity index (χ0) is 26.2. The van der Waals surface area contributed by atoms with Crippen LogP contribution in [0.5, 0.6) is 0 Å². The summed E-state index contributed by atoms with van der Waals surface area (Å²) in [6.45, 7) is 6.80. The zero-order valence-electron chi connectivity index (χ0n) is 21.5. The number of fused-ring (bicyclic) bond motifs is 1. The number of benzene rings is 1. The van der Waals surface area contributed by atoms with Gasteiger partial charge in [0.2, 0.25) is 16.0 Å². The minimum Gasteiger partial charge on any atom is -0.366 e. The summed E-state index contributed by atoms with van der Waals surface area (Å²) in [7, 11) is -1.93. The lowest BCUT2D eigenvalue weighted by Crippen LogP contribution is -2.54. The standard InChI is InChI=1S/C26H32N8O2S/c1-18-16-34(19(2)14-28-18)23-9-7-22(8-10-23)30-26-29-15-20-11-13-33(25(20)31-26)17-21-6-5-12-27-24(21)32(3)37(4,35)36/h5-13,15,18-19,28H,14,16-17H2,1-4H3,(H,29,30,31). The molecule has 2 atom stereocenters. The third kappa shape index (κ3) is 5.37. The highest BCUT2D eigenvalue weighted by molar-refractivity contribution is 7.92. The third-order valence-electron chi connectivity index (χ3n) is 6.73. The Morgan fingerprint density at radius 1 is 1.14 bits per heavy atom. The lowest BCUT2D eigenvalue weighted by Gasteiger charge is -2.39. The average Bonchev–Trinajstić information content (AvgIpc) is 3.27. The van der Waals surface area contributed by atoms with Crippen molar-refractivity contribution in [3.05, 3.63) is 66.6 Å². The number of sulfonamides is 1. The van der Waals surface area contributed by atoms with E-state index in [1.54, 1.807) is 18.5 Å². The van der Waals surface area contributed by atoms with Crippen molar-refractivity contribution in [2.24, 2.45) is 0 Å². The molecule has 4 heterocycles. The normalized spacial score (nSPS) is 18.2. The van der Waals surface area contributed by atoms with E-state index in [1.807, 2.05) is 35.0 Å². The van der Waals surface area contributed by atoms with Crippen molar-refractivity contribution in [3.63, 3.8) is 0 Å². The van der Waals surface area contributed by atoms with Crippen LogP contribution in [-0.4, -0.2) is 66.4 Å². The molecule has 1 saturated heterocycles. The number of aromatic nitrogens is 4. The fourth-order valence-electron chi connectivity index (χ4n) is 4.58. The molecule has 0 spiro atoms. The predicted molar refractivity (Wildman–Crippen MR) is 148 cm³/mol. The Morgan fingerprint density at radius 2 is 1.92 bits per heavy atom. The minimum atomic E-state index is -3.44. The van der Waals surface area contributed by atoms with Gasteiger partial charge in [-0.25, -0.2) is 18.4 Å². The van der Waals surface area contributed by atoms with Crippen LogP contribution in [0.2, 0.25) is 0 Å². The first-order valence-electron chi connectivity index (χ1n) is 12.3. The molecule has 0 aliphatic carbocycles. The molecule has 37 heavy (non-hydrogen) atoms. The molecule has 0 amide bonds. The average molecular weight is 521 g/mol. The van der Waals surface area contributed by atoms with Crippen LogP contribution < -0.4 is 19.8 Å². The summed E-state index contributed by atoms with van der Waals surface area (Å²) in [5, 5.41) is 7.72. The van der Waals surface area contributed by atoms with Crippen LogP contribution in [0.1, 0.15) is 19.4 Å². The van der Waals surface area contributed by atoms with E-state index in [0.717, 1.165) is 35.4 Å². The summed E-state index contributed by atoms with van der Waals surface area (Å²) in [5.41, 5.74) is 3.62. The van der Waals surface area contributed by atoms with Crippen molar-refractivity contribution >= 4 is 44.2 Å². The van der Waals surface area contributed by atoms with E-state index < -0.39 is 10.0 Å². The SMILES string of the molecule is CC1CN(c2ccc(Nc3ncc4ccn(Cc5cccnc5N(C)S(C)(=O)=O)c4n3)cc2)C(C)CN1. The molecule has 2 unspecified atom stereocenters. The van der Waals surface area contributed by atoms with Crippen molar-refractivity contribution in [2.45, 2.75) is 32.5 Å². The van der Waals surface area contributed by atoms with Crippen LogP contribution in [0.4, 0.5) is 23.1 Å². The van der Waals surface area contributed by atoms with Crippen molar-refractivity contribution in [1.82, 2.24) is 24.8 Å². The first-order valence-corrected chi connectivity index (χ1v) is 14.1. The lowest BCUT2D eigenvalue weighted by atomic mass is 10.1. The van der Waals surface area contributed by atoms with Gasteiger partial charge in [0.1, 0.15) is 11.5 Å². The van der Waals surface area contributed by atoms with Gasteiger partial charge in [0.05, 0.1) is 12.8 Å². The van der Waals surface area contributed by atoms with Gasteiger partial charge in [0.15, 0.2) is 0 Å². The molecule has 0 saturated carbocycles. The molecule has 4 aromatic rings. The quantitative estimate of drug-likeness (QED) is 0.383. The molecule has 1 fully saturated rings. The molecule has 194 valence electrons. The summed E-state index contributed by atoms with van der Waals surface area (Å²) in [6, 6.07) is 14.9. The Balaban J connectivity index is 1.36. The Morgan fingerprint density at radius 3 is 2.68 bits per heavy atom. The zero-order valence-corrected chi connectivity index (χ0v) is 22.3. The maximum Gasteiger partial charge on any atom is 0.233 e. The van der Waals surface area contributed by atoms with E-state index in [0.29, 0.717) is 30.4 Å². The molecule has 1 aliphatic rings. The van der Waals surface area contributed by atoms with Gasteiger partial charge in [-0.2, -0.15) is 4.98 Å². The van der Waals surface area contributed by atoms with Crippen molar-refractivity contribution in [1.29, 1.82) is 0 Å². The van der Waals surface area contributed by atoms with Crippen LogP contribution in [0, 0.1) is 0 Å². The van der Waals surface area contributed by atoms with E-state index in [4.69, 9.17) is 4.98 Å². The maximum atomic E-state index is 12.1. The van der Waals surface area contributed by atoms with Crippen LogP contribution in [0.15, 0.2) is 61.1 Å². The fraction of sp³-hybridized carbons (Fsp3) is 0.346. The van der Waals surface area contributed by atoms with Gasteiger partial charge < -0.3 is 20.1 Å². The Bertz CT molecular complexity index is 1500. The third-order valence-corrected chi connectivity index (χ3v) is 7.89. The predicted octanol–water partition coefficient (Wildman–Crippen LogP) is 3.20. The van der Waals surface area contributed by atoms with Gasteiger partial charge in [-0.1, -0.05) is 6.07 Å². The fourth-order valence-corrected chi connectivity index (χ4v) is 5.06. The maximum absolute atomic E-state index is 12.1. The molecule has 5 rings (SSSR count).